The minimum atomic E-state index is -0.00505. The van der Waals surface area contributed by atoms with Crippen LogP contribution in [0.5, 0.6) is 0 Å². The number of ketones is 1. The molecule has 1 heterocycles. The average Bonchev–Trinajstić information content (AvgIpc) is 2.82. The number of carbonyl (C=O) groups excluding carboxylic acids is 1. The van der Waals surface area contributed by atoms with Gasteiger partial charge in [0.2, 0.25) is 0 Å². The smallest absolute Gasteiger partial charge is 0.198 e. The molecule has 1 aromatic rings. The predicted octanol–water partition coefficient (Wildman–Crippen LogP) is 0.0902. The lowest BCUT2D eigenvalue weighted by Gasteiger charge is -1.95. The van der Waals surface area contributed by atoms with Crippen molar-refractivity contribution in [2.75, 3.05) is 13.6 Å². The van der Waals surface area contributed by atoms with Crippen molar-refractivity contribution >= 4 is 5.78 Å². The second kappa shape index (κ2) is 3.88. The van der Waals surface area contributed by atoms with Gasteiger partial charge in [0.1, 0.15) is 5.69 Å². The summed E-state index contributed by atoms with van der Waals surface area (Å²) < 4.78 is 1.76. The van der Waals surface area contributed by atoms with E-state index >= 15 is 0 Å². The second-order valence-corrected chi connectivity index (χ2v) is 3.72. The van der Waals surface area contributed by atoms with E-state index < -0.39 is 0 Å². The van der Waals surface area contributed by atoms with E-state index in [1.54, 1.807) is 17.9 Å². The van der Waals surface area contributed by atoms with E-state index in [0.29, 0.717) is 12.2 Å². The maximum absolute atomic E-state index is 11.4. The van der Waals surface area contributed by atoms with Crippen molar-refractivity contribution < 1.29 is 4.79 Å². The topological polar surface area (TPSA) is 59.8 Å². The monoisotopic (exact) mass is 194 g/mol. The number of hydrogen-bond acceptors (Lipinski definition) is 4. The summed E-state index contributed by atoms with van der Waals surface area (Å²) in [4.78, 5) is 11.4. The lowest BCUT2D eigenvalue weighted by Crippen LogP contribution is -2.18. The summed E-state index contributed by atoms with van der Waals surface area (Å²) >= 11 is 0. The normalized spacial score (nSPS) is 15.8. The molecule has 14 heavy (non-hydrogen) atoms. The Balaban J connectivity index is 1.97. The van der Waals surface area contributed by atoms with Crippen LogP contribution in [0.15, 0.2) is 6.20 Å². The maximum Gasteiger partial charge on any atom is 0.198 e. The van der Waals surface area contributed by atoms with Crippen LogP contribution in [-0.2, 0) is 6.54 Å². The van der Waals surface area contributed by atoms with Gasteiger partial charge in [0.05, 0.1) is 12.7 Å². The van der Waals surface area contributed by atoms with Crippen molar-refractivity contribution in [1.29, 1.82) is 0 Å². The van der Waals surface area contributed by atoms with E-state index in [4.69, 9.17) is 0 Å². The summed E-state index contributed by atoms with van der Waals surface area (Å²) in [6, 6.07) is 0. The van der Waals surface area contributed by atoms with E-state index in [2.05, 4.69) is 15.6 Å². The summed E-state index contributed by atoms with van der Waals surface area (Å²) in [6.07, 6.45) is 4.29. The zero-order valence-electron chi connectivity index (χ0n) is 8.23. The Kier molecular flexibility index (Phi) is 2.58. The molecule has 76 valence electrons. The van der Waals surface area contributed by atoms with Gasteiger partial charge in [0.15, 0.2) is 5.78 Å². The molecule has 2 rings (SSSR count). The van der Waals surface area contributed by atoms with Crippen molar-refractivity contribution in [1.82, 2.24) is 20.3 Å². The van der Waals surface area contributed by atoms with Gasteiger partial charge < -0.3 is 5.32 Å². The van der Waals surface area contributed by atoms with E-state index in [9.17, 15) is 4.79 Å². The highest BCUT2D eigenvalue weighted by Gasteiger charge is 2.22. The molecule has 5 heteroatoms. The van der Waals surface area contributed by atoms with Gasteiger partial charge in [-0.05, 0) is 25.8 Å². The number of aromatic nitrogens is 3. The fraction of sp³-hybridized carbons (Fsp3) is 0.667. The number of hydrogen-bond donors (Lipinski definition) is 1. The Morgan fingerprint density at radius 2 is 2.50 bits per heavy atom. The molecule has 1 N–H and O–H groups in total. The summed E-state index contributed by atoms with van der Waals surface area (Å²) in [6.45, 7) is 1.22. The van der Waals surface area contributed by atoms with Crippen molar-refractivity contribution in [3.05, 3.63) is 11.9 Å². The molecular weight excluding hydrogens is 180 g/mol. The molecule has 0 radical (unpaired) electrons. The third-order valence-electron chi connectivity index (χ3n) is 2.30. The van der Waals surface area contributed by atoms with Crippen LogP contribution in [0.4, 0.5) is 0 Å². The minimum absolute atomic E-state index is 0.00505. The zero-order chi connectivity index (χ0) is 9.97. The van der Waals surface area contributed by atoms with Crippen LogP contribution in [-0.4, -0.2) is 34.4 Å². The van der Waals surface area contributed by atoms with E-state index in [-0.39, 0.29) is 5.78 Å². The van der Waals surface area contributed by atoms with Gasteiger partial charge in [-0.15, -0.1) is 5.10 Å². The predicted molar refractivity (Wildman–Crippen MR) is 51.0 cm³/mol. The van der Waals surface area contributed by atoms with Gasteiger partial charge in [0, 0.05) is 6.54 Å². The number of nitrogens with zero attached hydrogens (tertiary/aromatic N) is 3. The van der Waals surface area contributed by atoms with Crippen LogP contribution in [0.3, 0.4) is 0 Å². The van der Waals surface area contributed by atoms with Crippen molar-refractivity contribution in [2.24, 2.45) is 5.92 Å². The number of Topliss-reactive ketones (excluding diaryl/α,β-unsaturated/α-hetero) is 1. The van der Waals surface area contributed by atoms with Gasteiger partial charge in [0.25, 0.3) is 0 Å². The third kappa shape index (κ3) is 2.17. The summed E-state index contributed by atoms with van der Waals surface area (Å²) in [5, 5.41) is 10.6. The van der Waals surface area contributed by atoms with Gasteiger partial charge in [-0.25, -0.2) is 0 Å². The highest BCUT2D eigenvalue weighted by molar-refractivity contribution is 5.95. The van der Waals surface area contributed by atoms with Crippen LogP contribution in [0.1, 0.15) is 23.3 Å². The third-order valence-corrected chi connectivity index (χ3v) is 2.30. The maximum atomic E-state index is 11.4. The number of rotatable bonds is 5. The first-order chi connectivity index (χ1) is 6.79. The molecule has 0 saturated heterocycles. The molecule has 0 aromatic carbocycles. The Morgan fingerprint density at radius 1 is 1.71 bits per heavy atom. The molecule has 0 spiro atoms. The Hall–Kier alpha value is -1.23. The van der Waals surface area contributed by atoms with Gasteiger partial charge >= 0.3 is 0 Å². The molecule has 0 bridgehead atoms. The van der Waals surface area contributed by atoms with Crippen LogP contribution < -0.4 is 5.32 Å². The first kappa shape index (κ1) is 9.33. The largest absolute Gasteiger partial charge is 0.313 e. The minimum Gasteiger partial charge on any atom is -0.313 e. The van der Waals surface area contributed by atoms with Crippen LogP contribution in [0.2, 0.25) is 0 Å². The number of carbonyl (C=O) groups is 1. The lowest BCUT2D eigenvalue weighted by atomic mass is 10.3. The zero-order valence-corrected chi connectivity index (χ0v) is 8.23. The molecule has 1 aliphatic rings. The molecule has 1 fully saturated rings. The van der Waals surface area contributed by atoms with Crippen LogP contribution in [0, 0.1) is 5.92 Å². The molecule has 0 atom stereocenters. The van der Waals surface area contributed by atoms with Crippen LogP contribution >= 0.6 is 0 Å². The first-order valence-corrected chi connectivity index (χ1v) is 4.87. The van der Waals surface area contributed by atoms with Crippen molar-refractivity contribution in [2.45, 2.75) is 19.4 Å². The Morgan fingerprint density at radius 3 is 3.14 bits per heavy atom. The van der Waals surface area contributed by atoms with Gasteiger partial charge in [-0.3, -0.25) is 9.48 Å². The van der Waals surface area contributed by atoms with Gasteiger partial charge in [-0.1, -0.05) is 5.21 Å². The lowest BCUT2D eigenvalue weighted by molar-refractivity contribution is 0.0989. The van der Waals surface area contributed by atoms with E-state index in [1.165, 1.54) is 12.8 Å². The first-order valence-electron chi connectivity index (χ1n) is 4.87. The molecule has 0 amide bonds. The number of nitrogens with one attached hydrogen (secondary N) is 1. The summed E-state index contributed by atoms with van der Waals surface area (Å²) in [5.41, 5.74) is 0.458. The number of likely N-dealkylation sites (N-methyl/N-ethyl adjacent to an activating group) is 1. The molecule has 0 unspecified atom stereocenters. The fourth-order valence-electron chi connectivity index (χ4n) is 1.33. The quantitative estimate of drug-likeness (QED) is 0.675. The SMILES string of the molecule is CNCC(=O)c1cn(CC2CC2)nn1. The summed E-state index contributed by atoms with van der Waals surface area (Å²) in [7, 11) is 1.74. The molecule has 1 aromatic heterocycles. The molecule has 1 saturated carbocycles. The standard InChI is InChI=1S/C9H14N4O/c1-10-4-9(14)8-6-13(12-11-8)5-7-2-3-7/h6-7,10H,2-5H2,1H3. The van der Waals surface area contributed by atoms with E-state index in [0.717, 1.165) is 12.5 Å². The highest BCUT2D eigenvalue weighted by atomic mass is 16.1. The second-order valence-electron chi connectivity index (χ2n) is 3.72. The fourth-order valence-corrected chi connectivity index (χ4v) is 1.33. The van der Waals surface area contributed by atoms with Crippen molar-refractivity contribution in [3.8, 4) is 0 Å². The van der Waals surface area contributed by atoms with Gasteiger partial charge in [-0.2, -0.15) is 0 Å². The highest BCUT2D eigenvalue weighted by Crippen LogP contribution is 2.30. The Labute approximate surface area is 82.5 Å². The molecule has 1 aliphatic carbocycles. The van der Waals surface area contributed by atoms with Crippen molar-refractivity contribution in [3.63, 3.8) is 0 Å². The average molecular weight is 194 g/mol. The Bertz CT molecular complexity index is 329. The molecule has 0 aliphatic heterocycles. The van der Waals surface area contributed by atoms with Crippen LogP contribution in [0.25, 0.3) is 0 Å². The van der Waals surface area contributed by atoms with E-state index in [1.807, 2.05) is 0 Å². The molecular formula is C9H14N4O. The molecule has 5 nitrogen and oxygen atoms in total. The summed E-state index contributed by atoms with van der Waals surface area (Å²) in [5.74, 6) is 0.749.